The van der Waals surface area contributed by atoms with E-state index in [2.05, 4.69) is 20.8 Å². The van der Waals surface area contributed by atoms with Crippen molar-refractivity contribution in [2.45, 2.75) is 46.5 Å². The minimum absolute atomic E-state index is 0.0751. The van der Waals surface area contributed by atoms with Crippen LogP contribution in [0.25, 0.3) is 0 Å². The Morgan fingerprint density at radius 1 is 1.14 bits per heavy atom. The van der Waals surface area contributed by atoms with Gasteiger partial charge in [-0.25, -0.2) is 0 Å². The first-order valence-electron chi connectivity index (χ1n) is 7.88. The molecule has 1 aliphatic rings. The van der Waals surface area contributed by atoms with Crippen LogP contribution >= 0.6 is 0 Å². The van der Waals surface area contributed by atoms with Gasteiger partial charge in [-0.05, 0) is 11.9 Å². The third-order valence-electron chi connectivity index (χ3n) is 3.76. The van der Waals surface area contributed by atoms with Gasteiger partial charge in [0.1, 0.15) is 0 Å². The summed E-state index contributed by atoms with van der Waals surface area (Å²) in [6.07, 6.45) is 3.86. The molecule has 21 heavy (non-hydrogen) atoms. The summed E-state index contributed by atoms with van der Waals surface area (Å²) in [5.74, 6) is 0.224. The minimum Gasteiger partial charge on any atom is -0.407 e. The maximum absolute atomic E-state index is 12.0. The highest BCUT2D eigenvalue weighted by Gasteiger charge is 2.33. The Kier molecular flexibility index (Phi) is 5.60. The van der Waals surface area contributed by atoms with Crippen LogP contribution in [0.3, 0.4) is 0 Å². The summed E-state index contributed by atoms with van der Waals surface area (Å²) in [6, 6.07) is 7.65. The molecule has 1 aromatic rings. The number of carbonyl (C=O) groups is 1. The molecule has 114 valence electrons. The minimum atomic E-state index is -0.303. The van der Waals surface area contributed by atoms with Crippen LogP contribution in [0.15, 0.2) is 24.3 Å². The van der Waals surface area contributed by atoms with Gasteiger partial charge in [0.2, 0.25) is 0 Å². The topological polar surface area (TPSA) is 35.5 Å². The predicted molar refractivity (Wildman–Crippen MR) is 86.0 cm³/mol. The van der Waals surface area contributed by atoms with E-state index in [1.807, 2.05) is 24.3 Å². The molecule has 0 radical (unpaired) electrons. The first-order chi connectivity index (χ1) is 10.0. The Hall–Kier alpha value is -1.13. The number of carbonyl (C=O) groups excluding carboxylic acids is 1. The monoisotopic (exact) mass is 288 g/mol. The summed E-state index contributed by atoms with van der Waals surface area (Å²) in [5, 5.41) is 0. The zero-order valence-electron chi connectivity index (χ0n) is 13.4. The van der Waals surface area contributed by atoms with Crippen LogP contribution in [0.2, 0.25) is 0 Å². The van der Waals surface area contributed by atoms with E-state index in [4.69, 9.17) is 9.31 Å². The smallest absolute Gasteiger partial charge is 0.407 e. The maximum Gasteiger partial charge on any atom is 0.493 e. The van der Waals surface area contributed by atoms with E-state index in [9.17, 15) is 4.79 Å². The second-order valence-corrected chi connectivity index (χ2v) is 6.62. The Morgan fingerprint density at radius 3 is 2.33 bits per heavy atom. The van der Waals surface area contributed by atoms with Gasteiger partial charge in [-0.2, -0.15) is 0 Å². The fraction of sp³-hybridized carbons (Fsp3) is 0.588. The van der Waals surface area contributed by atoms with Gasteiger partial charge in [-0.3, -0.25) is 4.79 Å². The molecule has 0 unspecified atom stereocenters. The van der Waals surface area contributed by atoms with Crippen LogP contribution in [0.4, 0.5) is 0 Å². The summed E-state index contributed by atoms with van der Waals surface area (Å²) < 4.78 is 11.5. The third-order valence-corrected chi connectivity index (χ3v) is 3.76. The Bertz CT molecular complexity index is 457. The van der Waals surface area contributed by atoms with Crippen LogP contribution in [0.1, 0.15) is 56.8 Å². The summed E-state index contributed by atoms with van der Waals surface area (Å²) >= 11 is 0. The molecular weight excluding hydrogens is 263 g/mol. The first-order valence-corrected chi connectivity index (χ1v) is 7.88. The number of Topliss-reactive ketones (excluding diaryl/α,β-unsaturated/α-hetero) is 1. The Balaban J connectivity index is 1.91. The second kappa shape index (κ2) is 7.23. The van der Waals surface area contributed by atoms with Crippen LogP contribution < -0.4 is 5.46 Å². The molecule has 0 atom stereocenters. The van der Waals surface area contributed by atoms with Crippen molar-refractivity contribution in [3.8, 4) is 0 Å². The molecule has 3 nitrogen and oxygen atoms in total. The highest BCUT2D eigenvalue weighted by atomic mass is 16.6. The molecule has 0 bridgehead atoms. The fourth-order valence-corrected chi connectivity index (χ4v) is 2.39. The molecule has 0 saturated carbocycles. The third kappa shape index (κ3) is 4.68. The molecule has 0 amide bonds. The predicted octanol–water partition coefficient (Wildman–Crippen LogP) is 3.22. The van der Waals surface area contributed by atoms with Crippen molar-refractivity contribution in [3.63, 3.8) is 0 Å². The van der Waals surface area contributed by atoms with Crippen LogP contribution in [-0.2, 0) is 9.31 Å². The van der Waals surface area contributed by atoms with Crippen LogP contribution in [-0.4, -0.2) is 26.1 Å². The summed E-state index contributed by atoms with van der Waals surface area (Å²) in [7, 11) is -0.303. The quantitative estimate of drug-likeness (QED) is 0.458. The number of rotatable bonds is 6. The van der Waals surface area contributed by atoms with E-state index in [-0.39, 0.29) is 18.3 Å². The SMILES string of the molecule is CCCCCC(=O)c1ccc(B2OCC(C)(C)CO2)cc1. The van der Waals surface area contributed by atoms with Gasteiger partial charge in [0.05, 0.1) is 0 Å². The zero-order valence-corrected chi connectivity index (χ0v) is 13.4. The van der Waals surface area contributed by atoms with Crippen molar-refractivity contribution in [1.82, 2.24) is 0 Å². The molecule has 0 aliphatic carbocycles. The first kappa shape index (κ1) is 16.2. The lowest BCUT2D eigenvalue weighted by molar-refractivity contribution is 0.0343. The molecule has 0 aromatic heterocycles. The van der Waals surface area contributed by atoms with Crippen LogP contribution in [0.5, 0.6) is 0 Å². The van der Waals surface area contributed by atoms with Gasteiger partial charge >= 0.3 is 7.12 Å². The fourth-order valence-electron chi connectivity index (χ4n) is 2.39. The van der Waals surface area contributed by atoms with Gasteiger partial charge in [0.25, 0.3) is 0 Å². The number of ketones is 1. The van der Waals surface area contributed by atoms with Crippen molar-refractivity contribution in [2.24, 2.45) is 5.41 Å². The normalized spacial score (nSPS) is 17.8. The van der Waals surface area contributed by atoms with E-state index in [1.165, 1.54) is 0 Å². The molecule has 2 rings (SSSR count). The van der Waals surface area contributed by atoms with E-state index < -0.39 is 0 Å². The molecule has 0 spiro atoms. The van der Waals surface area contributed by atoms with Gasteiger partial charge in [-0.1, -0.05) is 57.9 Å². The molecule has 1 aliphatic heterocycles. The molecule has 1 saturated heterocycles. The standard InChI is InChI=1S/C17H25BO3/c1-4-5-6-7-16(19)14-8-10-15(11-9-14)18-20-12-17(2,3)13-21-18/h8-11H,4-7,12-13H2,1-3H3. The largest absolute Gasteiger partial charge is 0.493 e. The number of hydrogen-bond acceptors (Lipinski definition) is 3. The average molecular weight is 288 g/mol. The van der Waals surface area contributed by atoms with Gasteiger partial charge in [0.15, 0.2) is 5.78 Å². The number of unbranched alkanes of at least 4 members (excludes halogenated alkanes) is 2. The molecule has 1 fully saturated rings. The Morgan fingerprint density at radius 2 is 1.76 bits per heavy atom. The second-order valence-electron chi connectivity index (χ2n) is 6.62. The molecule has 1 aromatic carbocycles. The summed E-state index contributed by atoms with van der Waals surface area (Å²) in [5.41, 5.74) is 1.84. The van der Waals surface area contributed by atoms with Gasteiger partial charge < -0.3 is 9.31 Å². The van der Waals surface area contributed by atoms with Crippen LogP contribution in [0, 0.1) is 5.41 Å². The number of hydrogen-bond donors (Lipinski definition) is 0. The lowest BCUT2D eigenvalue weighted by Gasteiger charge is -2.33. The van der Waals surface area contributed by atoms with Crippen molar-refractivity contribution < 1.29 is 14.1 Å². The highest BCUT2D eigenvalue weighted by Crippen LogP contribution is 2.21. The highest BCUT2D eigenvalue weighted by molar-refractivity contribution is 6.61. The molecule has 0 N–H and O–H groups in total. The summed E-state index contributed by atoms with van der Waals surface area (Å²) in [6.45, 7) is 7.78. The van der Waals surface area contributed by atoms with Gasteiger partial charge in [-0.15, -0.1) is 0 Å². The van der Waals surface area contributed by atoms with Crippen molar-refractivity contribution >= 4 is 18.4 Å². The van der Waals surface area contributed by atoms with E-state index in [1.54, 1.807) is 0 Å². The van der Waals surface area contributed by atoms with E-state index in [0.717, 1.165) is 30.3 Å². The van der Waals surface area contributed by atoms with Crippen molar-refractivity contribution in [2.75, 3.05) is 13.2 Å². The average Bonchev–Trinajstić information content (AvgIpc) is 2.48. The molecular formula is C17H25BO3. The molecule has 1 heterocycles. The maximum atomic E-state index is 12.0. The number of benzene rings is 1. The molecule has 4 heteroatoms. The lowest BCUT2D eigenvalue weighted by Crippen LogP contribution is -2.47. The zero-order chi connectivity index (χ0) is 15.3. The van der Waals surface area contributed by atoms with E-state index >= 15 is 0 Å². The van der Waals surface area contributed by atoms with Crippen molar-refractivity contribution in [3.05, 3.63) is 29.8 Å². The Labute approximate surface area is 128 Å². The summed E-state index contributed by atoms with van der Waals surface area (Å²) in [4.78, 5) is 12.0. The van der Waals surface area contributed by atoms with Gasteiger partial charge in [0, 0.05) is 30.6 Å². The van der Waals surface area contributed by atoms with Crippen molar-refractivity contribution in [1.29, 1.82) is 0 Å². The van der Waals surface area contributed by atoms with E-state index in [0.29, 0.717) is 19.6 Å². The lowest BCUT2D eigenvalue weighted by atomic mass is 9.75.